The van der Waals surface area contributed by atoms with Crippen molar-refractivity contribution >= 4 is 11.9 Å². The summed E-state index contributed by atoms with van der Waals surface area (Å²) in [6.07, 6.45) is 4.95. The van der Waals surface area contributed by atoms with Gasteiger partial charge in [-0.1, -0.05) is 32.6 Å². The first-order valence-electron chi connectivity index (χ1n) is 6.53. The highest BCUT2D eigenvalue weighted by Crippen LogP contribution is 2.06. The van der Waals surface area contributed by atoms with Crippen molar-refractivity contribution in [3.63, 3.8) is 0 Å². The van der Waals surface area contributed by atoms with Gasteiger partial charge in [-0.3, -0.25) is 9.59 Å². The average Bonchev–Trinajstić information content (AvgIpc) is 2.33. The molecule has 0 aromatic heterocycles. The summed E-state index contributed by atoms with van der Waals surface area (Å²) in [4.78, 5) is 22.0. The number of esters is 2. The van der Waals surface area contributed by atoms with E-state index in [1.807, 2.05) is 0 Å². The summed E-state index contributed by atoms with van der Waals surface area (Å²) in [5.41, 5.74) is 0. The van der Waals surface area contributed by atoms with E-state index < -0.39 is 12.1 Å². The van der Waals surface area contributed by atoms with Crippen LogP contribution in [-0.2, 0) is 19.1 Å². The minimum Gasteiger partial charge on any atom is -0.462 e. The second kappa shape index (κ2) is 11.0. The highest BCUT2D eigenvalue weighted by molar-refractivity contribution is 5.69. The summed E-state index contributed by atoms with van der Waals surface area (Å²) < 4.78 is 9.67. The fourth-order valence-corrected chi connectivity index (χ4v) is 1.49. The molecule has 5 nitrogen and oxygen atoms in total. The lowest BCUT2D eigenvalue weighted by Crippen LogP contribution is -2.27. The van der Waals surface area contributed by atoms with E-state index in [9.17, 15) is 9.59 Å². The van der Waals surface area contributed by atoms with Gasteiger partial charge in [0.15, 0.2) is 6.10 Å². The number of carbonyl (C=O) groups excluding carboxylic acids is 2. The van der Waals surface area contributed by atoms with Crippen molar-refractivity contribution in [2.45, 2.75) is 58.5 Å². The molecular formula is C13H24O5. The molecule has 0 saturated carbocycles. The van der Waals surface area contributed by atoms with Crippen LogP contribution in [0.1, 0.15) is 52.4 Å². The molecule has 0 aliphatic carbocycles. The lowest BCUT2D eigenvalue weighted by Gasteiger charge is -2.14. The van der Waals surface area contributed by atoms with E-state index in [0.717, 1.165) is 19.3 Å². The van der Waals surface area contributed by atoms with Gasteiger partial charge in [0.2, 0.25) is 0 Å². The Morgan fingerprint density at radius 1 is 1.17 bits per heavy atom. The molecule has 0 fully saturated rings. The van der Waals surface area contributed by atoms with Crippen LogP contribution < -0.4 is 0 Å². The van der Waals surface area contributed by atoms with E-state index in [4.69, 9.17) is 14.6 Å². The smallest absolute Gasteiger partial charge is 0.305 e. The Morgan fingerprint density at radius 3 is 2.39 bits per heavy atom. The molecule has 0 bridgehead atoms. The molecule has 0 amide bonds. The van der Waals surface area contributed by atoms with Crippen LogP contribution in [0.5, 0.6) is 0 Å². The first kappa shape index (κ1) is 16.9. The fraction of sp³-hybridized carbons (Fsp3) is 0.846. The number of hydrogen-bond acceptors (Lipinski definition) is 5. The zero-order valence-corrected chi connectivity index (χ0v) is 11.3. The molecule has 0 rings (SSSR count). The van der Waals surface area contributed by atoms with Gasteiger partial charge in [-0.25, -0.2) is 0 Å². The highest BCUT2D eigenvalue weighted by Gasteiger charge is 2.13. The molecule has 0 heterocycles. The molecule has 0 aromatic rings. The standard InChI is InChI=1S/C13H24O5/c1-3-4-5-6-7-8-13(16)17-10-12(9-14)18-11(2)15/h12,14H,3-10H2,1-2H3/t12-/m0/s1. The molecule has 0 radical (unpaired) electrons. The molecule has 0 spiro atoms. The molecular weight excluding hydrogens is 236 g/mol. The summed E-state index contributed by atoms with van der Waals surface area (Å²) in [5.74, 6) is -0.804. The van der Waals surface area contributed by atoms with Crippen LogP contribution in [0.15, 0.2) is 0 Å². The Hall–Kier alpha value is -1.10. The number of ether oxygens (including phenoxy) is 2. The largest absolute Gasteiger partial charge is 0.462 e. The Bertz CT molecular complexity index is 240. The molecule has 1 atom stereocenters. The van der Waals surface area contributed by atoms with Crippen molar-refractivity contribution in [3.8, 4) is 0 Å². The number of rotatable bonds is 10. The maximum Gasteiger partial charge on any atom is 0.305 e. The SMILES string of the molecule is CCCCCCCC(=O)OC[C@H](CO)OC(C)=O. The third-order valence-corrected chi connectivity index (χ3v) is 2.45. The van der Waals surface area contributed by atoms with Crippen LogP contribution in [0.4, 0.5) is 0 Å². The fourth-order valence-electron chi connectivity index (χ4n) is 1.49. The Kier molecular flexibility index (Phi) is 10.3. The summed E-state index contributed by atoms with van der Waals surface area (Å²) in [7, 11) is 0. The lowest BCUT2D eigenvalue weighted by molar-refractivity contribution is -0.159. The monoisotopic (exact) mass is 260 g/mol. The van der Waals surface area contributed by atoms with Gasteiger partial charge < -0.3 is 14.6 Å². The maximum absolute atomic E-state index is 11.3. The summed E-state index contributed by atoms with van der Waals surface area (Å²) in [5, 5.41) is 8.89. The molecule has 1 N–H and O–H groups in total. The zero-order valence-electron chi connectivity index (χ0n) is 11.3. The van der Waals surface area contributed by atoms with Crippen molar-refractivity contribution in [1.29, 1.82) is 0 Å². The van der Waals surface area contributed by atoms with Gasteiger partial charge in [0, 0.05) is 13.3 Å². The van der Waals surface area contributed by atoms with Crippen LogP contribution in [-0.4, -0.2) is 36.4 Å². The van der Waals surface area contributed by atoms with Crippen LogP contribution in [0.25, 0.3) is 0 Å². The van der Waals surface area contributed by atoms with E-state index in [1.165, 1.54) is 19.8 Å². The van der Waals surface area contributed by atoms with E-state index in [-0.39, 0.29) is 19.2 Å². The first-order chi connectivity index (χ1) is 8.60. The van der Waals surface area contributed by atoms with Crippen molar-refractivity contribution in [2.24, 2.45) is 0 Å². The van der Waals surface area contributed by atoms with E-state index in [1.54, 1.807) is 0 Å². The van der Waals surface area contributed by atoms with Crippen molar-refractivity contribution in [1.82, 2.24) is 0 Å². The number of aliphatic hydroxyl groups is 1. The van der Waals surface area contributed by atoms with Gasteiger partial charge in [0.1, 0.15) is 6.61 Å². The van der Waals surface area contributed by atoms with Crippen LogP contribution >= 0.6 is 0 Å². The average molecular weight is 260 g/mol. The van der Waals surface area contributed by atoms with Crippen molar-refractivity contribution < 1.29 is 24.2 Å². The topological polar surface area (TPSA) is 72.8 Å². The predicted octanol–water partition coefficient (Wildman–Crippen LogP) is 1.81. The van der Waals surface area contributed by atoms with E-state index >= 15 is 0 Å². The Balaban J connectivity index is 3.58. The van der Waals surface area contributed by atoms with Gasteiger partial charge in [-0.05, 0) is 6.42 Å². The third kappa shape index (κ3) is 10.1. The molecule has 5 heteroatoms. The van der Waals surface area contributed by atoms with Crippen LogP contribution in [0, 0.1) is 0 Å². The third-order valence-electron chi connectivity index (χ3n) is 2.45. The van der Waals surface area contributed by atoms with Gasteiger partial charge in [0.25, 0.3) is 0 Å². The first-order valence-corrected chi connectivity index (χ1v) is 6.53. The summed E-state index contributed by atoms with van der Waals surface area (Å²) in [6.45, 7) is 2.96. The molecule has 0 aliphatic rings. The van der Waals surface area contributed by atoms with Crippen LogP contribution in [0.2, 0.25) is 0 Å². The van der Waals surface area contributed by atoms with Gasteiger partial charge >= 0.3 is 11.9 Å². The number of aliphatic hydroxyl groups excluding tert-OH is 1. The molecule has 0 saturated heterocycles. The number of hydrogen-bond donors (Lipinski definition) is 1. The lowest BCUT2D eigenvalue weighted by atomic mass is 10.1. The van der Waals surface area contributed by atoms with Crippen LogP contribution in [0.3, 0.4) is 0 Å². The highest BCUT2D eigenvalue weighted by atomic mass is 16.6. The van der Waals surface area contributed by atoms with Gasteiger partial charge in [0.05, 0.1) is 6.61 Å². The Morgan fingerprint density at radius 2 is 1.83 bits per heavy atom. The minimum atomic E-state index is -0.758. The second-order valence-corrected chi connectivity index (χ2v) is 4.26. The normalized spacial score (nSPS) is 11.9. The van der Waals surface area contributed by atoms with Gasteiger partial charge in [-0.2, -0.15) is 0 Å². The Labute approximate surface area is 108 Å². The molecule has 0 unspecified atom stereocenters. The molecule has 106 valence electrons. The minimum absolute atomic E-state index is 0.0795. The second-order valence-electron chi connectivity index (χ2n) is 4.26. The molecule has 18 heavy (non-hydrogen) atoms. The number of carbonyl (C=O) groups is 2. The maximum atomic E-state index is 11.3. The quantitative estimate of drug-likeness (QED) is 0.479. The zero-order chi connectivity index (χ0) is 13.8. The predicted molar refractivity (Wildman–Crippen MR) is 67.0 cm³/mol. The van der Waals surface area contributed by atoms with Crippen molar-refractivity contribution in [3.05, 3.63) is 0 Å². The van der Waals surface area contributed by atoms with Crippen molar-refractivity contribution in [2.75, 3.05) is 13.2 Å². The molecule has 0 aromatic carbocycles. The van der Waals surface area contributed by atoms with E-state index in [2.05, 4.69) is 6.92 Å². The van der Waals surface area contributed by atoms with Gasteiger partial charge in [-0.15, -0.1) is 0 Å². The van der Waals surface area contributed by atoms with E-state index in [0.29, 0.717) is 6.42 Å². The molecule has 0 aliphatic heterocycles. The summed E-state index contributed by atoms with van der Waals surface area (Å²) >= 11 is 0. The number of unbranched alkanes of at least 4 members (excludes halogenated alkanes) is 4. The summed E-state index contributed by atoms with van der Waals surface area (Å²) in [6, 6.07) is 0.